The number of nitrogens with one attached hydrogen (secondary N) is 1. The van der Waals surface area contributed by atoms with Gasteiger partial charge in [0.05, 0.1) is 17.0 Å². The molecule has 0 atom stereocenters. The van der Waals surface area contributed by atoms with Crippen LogP contribution in [0.25, 0.3) is 33.8 Å². The largest absolute Gasteiger partial charge is 0.360 e. The van der Waals surface area contributed by atoms with Gasteiger partial charge in [-0.15, -0.1) is 0 Å². The molecule has 0 bridgehead atoms. The van der Waals surface area contributed by atoms with E-state index in [4.69, 9.17) is 4.52 Å². The Hall–Kier alpha value is -3.21. The molecule has 5 rings (SSSR count). The molecule has 0 spiro atoms. The lowest BCUT2D eigenvalue weighted by atomic mass is 10.0. The molecule has 3 aromatic heterocycles. The summed E-state index contributed by atoms with van der Waals surface area (Å²) >= 11 is 0. The number of aromatic amines is 1. The maximum Gasteiger partial charge on any atom is 0.143 e. The van der Waals surface area contributed by atoms with E-state index in [1.54, 1.807) is 12.4 Å². The lowest BCUT2D eigenvalue weighted by Gasteiger charge is -2.03. The number of H-pyrrole nitrogens is 1. The Morgan fingerprint density at radius 1 is 1.04 bits per heavy atom. The van der Waals surface area contributed by atoms with Crippen molar-refractivity contribution in [3.8, 4) is 33.8 Å². The van der Waals surface area contributed by atoms with E-state index in [2.05, 4.69) is 44.6 Å². The Morgan fingerprint density at radius 3 is 2.75 bits per heavy atom. The molecule has 24 heavy (non-hydrogen) atoms. The molecule has 116 valence electrons. The number of rotatable bonds is 2. The number of nitrogens with zero attached hydrogens (tertiary/aromatic N) is 3. The van der Waals surface area contributed by atoms with Gasteiger partial charge in [0, 0.05) is 35.5 Å². The monoisotopic (exact) mass is 314 g/mol. The number of aromatic nitrogens is 4. The topological polar surface area (TPSA) is 67.6 Å². The molecule has 1 aliphatic carbocycles. The Morgan fingerprint density at radius 2 is 1.88 bits per heavy atom. The second-order valence-electron chi connectivity index (χ2n) is 5.96. The standard InChI is InChI=1S/C19H14N4O/c1-11-16(17(23-24-11)12-6-8-20-9-7-12)19-15-10-13-4-2-3-5-14(13)18(15)21-22-19/h2-9H,10H2,1H3,(H,21,22). The van der Waals surface area contributed by atoms with Gasteiger partial charge in [-0.3, -0.25) is 10.1 Å². The van der Waals surface area contributed by atoms with E-state index in [-0.39, 0.29) is 0 Å². The zero-order valence-corrected chi connectivity index (χ0v) is 13.1. The molecular formula is C19H14N4O. The summed E-state index contributed by atoms with van der Waals surface area (Å²) in [6, 6.07) is 12.3. The van der Waals surface area contributed by atoms with Crippen molar-refractivity contribution in [1.82, 2.24) is 20.3 Å². The van der Waals surface area contributed by atoms with Gasteiger partial charge in [0.2, 0.25) is 0 Å². The van der Waals surface area contributed by atoms with E-state index < -0.39 is 0 Å². The molecular weight excluding hydrogens is 300 g/mol. The van der Waals surface area contributed by atoms with Crippen LogP contribution in [0.1, 0.15) is 16.9 Å². The quantitative estimate of drug-likeness (QED) is 0.534. The van der Waals surface area contributed by atoms with Crippen molar-refractivity contribution in [2.45, 2.75) is 13.3 Å². The van der Waals surface area contributed by atoms with Crippen molar-refractivity contribution in [3.05, 3.63) is 65.7 Å². The molecule has 0 saturated heterocycles. The smallest absolute Gasteiger partial charge is 0.143 e. The van der Waals surface area contributed by atoms with Gasteiger partial charge in [0.25, 0.3) is 0 Å². The summed E-state index contributed by atoms with van der Waals surface area (Å²) in [6.45, 7) is 1.93. The van der Waals surface area contributed by atoms with E-state index in [0.717, 1.165) is 40.4 Å². The number of hydrogen-bond donors (Lipinski definition) is 1. The molecule has 0 saturated carbocycles. The van der Waals surface area contributed by atoms with Crippen LogP contribution in [0, 0.1) is 6.92 Å². The van der Waals surface area contributed by atoms with Crippen LogP contribution in [-0.2, 0) is 6.42 Å². The average Bonchev–Trinajstić information content (AvgIpc) is 3.29. The second kappa shape index (κ2) is 4.89. The minimum absolute atomic E-state index is 0.782. The minimum Gasteiger partial charge on any atom is -0.360 e. The summed E-state index contributed by atoms with van der Waals surface area (Å²) < 4.78 is 5.49. The van der Waals surface area contributed by atoms with Gasteiger partial charge in [-0.1, -0.05) is 29.4 Å². The SMILES string of the molecule is Cc1onc(-c2ccncc2)c1-c1[nH]nc2c1Cc1ccccc1-2. The first-order valence-corrected chi connectivity index (χ1v) is 7.85. The predicted octanol–water partition coefficient (Wildman–Crippen LogP) is 4.01. The molecule has 0 radical (unpaired) electrons. The van der Waals surface area contributed by atoms with E-state index >= 15 is 0 Å². The summed E-state index contributed by atoms with van der Waals surface area (Å²) in [5.74, 6) is 0.782. The van der Waals surface area contributed by atoms with Gasteiger partial charge in [0.15, 0.2) is 0 Å². The summed E-state index contributed by atoms with van der Waals surface area (Å²) in [5.41, 5.74) is 8.52. The summed E-state index contributed by atoms with van der Waals surface area (Å²) in [4.78, 5) is 4.08. The van der Waals surface area contributed by atoms with Gasteiger partial charge < -0.3 is 4.52 Å². The fourth-order valence-corrected chi connectivity index (χ4v) is 3.44. The van der Waals surface area contributed by atoms with Gasteiger partial charge in [-0.25, -0.2) is 0 Å². The molecule has 1 aromatic carbocycles. The third kappa shape index (κ3) is 1.78. The van der Waals surface area contributed by atoms with E-state index in [1.165, 1.54) is 16.7 Å². The highest BCUT2D eigenvalue weighted by atomic mass is 16.5. The molecule has 4 aromatic rings. The highest BCUT2D eigenvalue weighted by Gasteiger charge is 2.28. The lowest BCUT2D eigenvalue weighted by Crippen LogP contribution is -1.90. The number of fused-ring (bicyclic) bond motifs is 3. The highest BCUT2D eigenvalue weighted by molar-refractivity contribution is 5.87. The van der Waals surface area contributed by atoms with Crippen LogP contribution in [0.2, 0.25) is 0 Å². The van der Waals surface area contributed by atoms with Crippen molar-refractivity contribution >= 4 is 0 Å². The van der Waals surface area contributed by atoms with E-state index in [9.17, 15) is 0 Å². The second-order valence-corrected chi connectivity index (χ2v) is 5.96. The molecule has 1 aliphatic rings. The van der Waals surface area contributed by atoms with Crippen molar-refractivity contribution in [1.29, 1.82) is 0 Å². The molecule has 0 amide bonds. The summed E-state index contributed by atoms with van der Waals surface area (Å²) in [6.07, 6.45) is 4.39. The number of pyridine rings is 1. The average molecular weight is 314 g/mol. The van der Waals surface area contributed by atoms with Crippen molar-refractivity contribution in [3.63, 3.8) is 0 Å². The van der Waals surface area contributed by atoms with Crippen LogP contribution in [0.5, 0.6) is 0 Å². The van der Waals surface area contributed by atoms with Crippen LogP contribution >= 0.6 is 0 Å². The number of hydrogen-bond acceptors (Lipinski definition) is 4. The lowest BCUT2D eigenvalue weighted by molar-refractivity contribution is 0.400. The van der Waals surface area contributed by atoms with Crippen LogP contribution in [-0.4, -0.2) is 20.3 Å². The molecule has 0 unspecified atom stereocenters. The van der Waals surface area contributed by atoms with Crippen molar-refractivity contribution < 1.29 is 4.52 Å². The molecule has 5 nitrogen and oxygen atoms in total. The first-order chi connectivity index (χ1) is 11.8. The third-order valence-electron chi connectivity index (χ3n) is 4.57. The molecule has 1 N–H and O–H groups in total. The van der Waals surface area contributed by atoms with Gasteiger partial charge >= 0.3 is 0 Å². The fourth-order valence-electron chi connectivity index (χ4n) is 3.44. The number of aryl methyl sites for hydroxylation is 1. The Bertz CT molecular complexity index is 1050. The van der Waals surface area contributed by atoms with Crippen molar-refractivity contribution in [2.75, 3.05) is 0 Å². The summed E-state index contributed by atoms with van der Waals surface area (Å²) in [5, 5.41) is 12.0. The van der Waals surface area contributed by atoms with Crippen LogP contribution in [0.15, 0.2) is 53.3 Å². The zero-order valence-electron chi connectivity index (χ0n) is 13.1. The van der Waals surface area contributed by atoms with Crippen LogP contribution < -0.4 is 0 Å². The highest BCUT2D eigenvalue weighted by Crippen LogP contribution is 2.43. The van der Waals surface area contributed by atoms with Crippen molar-refractivity contribution in [2.24, 2.45) is 0 Å². The first-order valence-electron chi connectivity index (χ1n) is 7.85. The first kappa shape index (κ1) is 13.2. The fraction of sp³-hybridized carbons (Fsp3) is 0.105. The van der Waals surface area contributed by atoms with E-state index in [1.807, 2.05) is 19.1 Å². The molecule has 5 heteroatoms. The Kier molecular flexibility index (Phi) is 2.70. The Labute approximate surface area is 138 Å². The predicted molar refractivity (Wildman–Crippen MR) is 90.3 cm³/mol. The third-order valence-corrected chi connectivity index (χ3v) is 4.57. The Balaban J connectivity index is 1.71. The van der Waals surface area contributed by atoms with Gasteiger partial charge in [-0.2, -0.15) is 5.10 Å². The van der Waals surface area contributed by atoms with E-state index in [0.29, 0.717) is 0 Å². The number of benzene rings is 1. The van der Waals surface area contributed by atoms with Crippen LogP contribution in [0.3, 0.4) is 0 Å². The molecule has 3 heterocycles. The van der Waals surface area contributed by atoms with Gasteiger partial charge in [0.1, 0.15) is 11.5 Å². The summed E-state index contributed by atoms with van der Waals surface area (Å²) in [7, 11) is 0. The maximum atomic E-state index is 5.49. The zero-order chi connectivity index (χ0) is 16.1. The minimum atomic E-state index is 0.782. The van der Waals surface area contributed by atoms with Gasteiger partial charge in [-0.05, 0) is 24.6 Å². The van der Waals surface area contributed by atoms with Crippen LogP contribution in [0.4, 0.5) is 0 Å². The molecule has 0 fully saturated rings. The normalized spacial score (nSPS) is 12.2. The molecule has 0 aliphatic heterocycles. The maximum absolute atomic E-state index is 5.49.